The van der Waals surface area contributed by atoms with Crippen molar-refractivity contribution in [2.75, 3.05) is 0 Å². The van der Waals surface area contributed by atoms with Crippen molar-refractivity contribution >= 4 is 29.9 Å². The van der Waals surface area contributed by atoms with Crippen LogP contribution in [0.5, 0.6) is 0 Å². The molecule has 0 saturated carbocycles. The molecule has 0 aliphatic heterocycles. The first-order valence-corrected chi connectivity index (χ1v) is 5.61. The number of hydrogen-bond acceptors (Lipinski definition) is 1. The zero-order valence-electron chi connectivity index (χ0n) is 6.70. The van der Waals surface area contributed by atoms with Gasteiger partial charge in [-0.1, -0.05) is 0 Å². The van der Waals surface area contributed by atoms with E-state index < -0.39 is 0 Å². The van der Waals surface area contributed by atoms with Crippen LogP contribution < -0.4 is 0 Å². The summed E-state index contributed by atoms with van der Waals surface area (Å²) in [6.07, 6.45) is 0. The van der Waals surface area contributed by atoms with E-state index in [2.05, 4.69) is 17.1 Å². The summed E-state index contributed by atoms with van der Waals surface area (Å²) in [4.78, 5) is 13.3. The molecule has 0 aliphatic rings. The fraction of sp³-hybridized carbons (Fsp3) is 0.100. The number of hydrogen-bond donors (Lipinski definition) is 0. The molecular formula is C10H8OSe. The van der Waals surface area contributed by atoms with Gasteiger partial charge in [-0.05, 0) is 0 Å². The molecule has 60 valence electrons. The fourth-order valence-electron chi connectivity index (χ4n) is 1.30. The number of benzene rings is 1. The van der Waals surface area contributed by atoms with Crippen LogP contribution in [0.15, 0.2) is 29.2 Å². The van der Waals surface area contributed by atoms with Crippen molar-refractivity contribution < 1.29 is 4.79 Å². The van der Waals surface area contributed by atoms with Gasteiger partial charge in [0.25, 0.3) is 0 Å². The number of carbonyl (C=O) groups is 1. The minimum absolute atomic E-state index is 0.161. The first kappa shape index (κ1) is 7.78. The Bertz CT molecular complexity index is 428. The molecule has 0 saturated heterocycles. The number of carbonyl (C=O) groups excluding carboxylic acids is 1. The van der Waals surface area contributed by atoms with Crippen LogP contribution in [0.4, 0.5) is 0 Å². The number of fused-ring (bicyclic) bond motifs is 1. The van der Waals surface area contributed by atoms with E-state index in [0.717, 1.165) is 10.9 Å². The molecule has 1 aromatic carbocycles. The van der Waals surface area contributed by atoms with Crippen molar-refractivity contribution in [3.8, 4) is 0 Å². The van der Waals surface area contributed by atoms with Gasteiger partial charge in [0.15, 0.2) is 0 Å². The van der Waals surface area contributed by atoms with Crippen molar-refractivity contribution in [2.45, 2.75) is 6.92 Å². The minimum atomic E-state index is 0.161. The molecule has 1 heterocycles. The number of rotatable bonds is 1. The predicted octanol–water partition coefficient (Wildman–Crippen LogP) is 2.10. The van der Waals surface area contributed by atoms with E-state index in [-0.39, 0.29) is 5.78 Å². The molecule has 12 heavy (non-hydrogen) atoms. The second-order valence-electron chi connectivity index (χ2n) is 2.69. The molecule has 0 radical (unpaired) electrons. The number of ketones is 1. The molecule has 0 unspecified atom stereocenters. The molecule has 2 rings (SSSR count). The van der Waals surface area contributed by atoms with Crippen LogP contribution in [-0.4, -0.2) is 20.3 Å². The van der Waals surface area contributed by atoms with Gasteiger partial charge in [0.05, 0.1) is 0 Å². The van der Waals surface area contributed by atoms with E-state index >= 15 is 0 Å². The average Bonchev–Trinajstić information content (AvgIpc) is 2.49. The van der Waals surface area contributed by atoms with Gasteiger partial charge in [-0.2, -0.15) is 0 Å². The Morgan fingerprint density at radius 2 is 2.17 bits per heavy atom. The summed E-state index contributed by atoms with van der Waals surface area (Å²) in [6, 6.07) is 8.02. The normalized spacial score (nSPS) is 10.4. The van der Waals surface area contributed by atoms with Crippen LogP contribution in [0, 0.1) is 0 Å². The maximum atomic E-state index is 11.2. The van der Waals surface area contributed by atoms with Gasteiger partial charge in [0, 0.05) is 0 Å². The van der Waals surface area contributed by atoms with Crippen molar-refractivity contribution in [1.82, 2.24) is 0 Å². The molecule has 0 N–H and O–H groups in total. The molecule has 2 aromatic rings. The summed E-state index contributed by atoms with van der Waals surface area (Å²) in [5.74, 6) is 0.161. The third-order valence-electron chi connectivity index (χ3n) is 1.88. The van der Waals surface area contributed by atoms with Crippen molar-refractivity contribution in [2.24, 2.45) is 0 Å². The Hall–Kier alpha value is -0.851. The van der Waals surface area contributed by atoms with Gasteiger partial charge >= 0.3 is 76.4 Å². The number of Topliss-reactive ketones (excluding diaryl/α,β-unsaturated/α-hetero) is 1. The zero-order valence-corrected chi connectivity index (χ0v) is 8.42. The molecule has 0 bridgehead atoms. The maximum absolute atomic E-state index is 11.2. The molecule has 0 atom stereocenters. The van der Waals surface area contributed by atoms with Crippen molar-refractivity contribution in [3.05, 3.63) is 34.8 Å². The Labute approximate surface area is 76.8 Å². The van der Waals surface area contributed by atoms with Gasteiger partial charge < -0.3 is 0 Å². The fourth-order valence-corrected chi connectivity index (χ4v) is 3.01. The molecule has 0 fully saturated rings. The Balaban J connectivity index is 2.82. The summed E-state index contributed by atoms with van der Waals surface area (Å²) in [6.45, 7) is 1.62. The first-order valence-electron chi connectivity index (χ1n) is 3.76. The van der Waals surface area contributed by atoms with Crippen LogP contribution in [0.25, 0.3) is 9.65 Å². The van der Waals surface area contributed by atoms with E-state index in [1.54, 1.807) is 6.92 Å². The Morgan fingerprint density at radius 3 is 2.92 bits per heavy atom. The van der Waals surface area contributed by atoms with Crippen LogP contribution in [0.2, 0.25) is 0 Å². The van der Waals surface area contributed by atoms with Gasteiger partial charge in [-0.15, -0.1) is 0 Å². The predicted molar refractivity (Wildman–Crippen MR) is 50.9 cm³/mol. The van der Waals surface area contributed by atoms with E-state index in [1.807, 2.05) is 12.1 Å². The molecule has 0 aliphatic carbocycles. The monoisotopic (exact) mass is 224 g/mol. The standard InChI is InChI=1S/C10H8OSe/c1-7(11)8-3-2-4-10-9(8)5-6-12-10/h2-6H,1H3. The summed E-state index contributed by atoms with van der Waals surface area (Å²) in [5.41, 5.74) is 0.864. The third kappa shape index (κ3) is 1.13. The van der Waals surface area contributed by atoms with Gasteiger partial charge in [0.1, 0.15) is 0 Å². The summed E-state index contributed by atoms with van der Waals surface area (Å²) >= 11 is 0.445. The van der Waals surface area contributed by atoms with Crippen LogP contribution in [0.3, 0.4) is 0 Å². The Morgan fingerprint density at radius 1 is 1.33 bits per heavy atom. The van der Waals surface area contributed by atoms with Gasteiger partial charge in [-0.3, -0.25) is 0 Å². The summed E-state index contributed by atoms with van der Waals surface area (Å²) in [7, 11) is 0. The third-order valence-corrected chi connectivity index (χ3v) is 3.73. The topological polar surface area (TPSA) is 17.1 Å². The quantitative estimate of drug-likeness (QED) is 0.534. The van der Waals surface area contributed by atoms with Crippen molar-refractivity contribution in [1.29, 1.82) is 0 Å². The van der Waals surface area contributed by atoms with Crippen molar-refractivity contribution in [3.63, 3.8) is 0 Å². The van der Waals surface area contributed by atoms with Gasteiger partial charge in [-0.25, -0.2) is 0 Å². The molecular weight excluding hydrogens is 215 g/mol. The second-order valence-corrected chi connectivity index (χ2v) is 4.68. The van der Waals surface area contributed by atoms with E-state index in [0.29, 0.717) is 14.5 Å². The second kappa shape index (κ2) is 2.89. The molecule has 0 amide bonds. The van der Waals surface area contributed by atoms with E-state index in [4.69, 9.17) is 0 Å². The first-order chi connectivity index (χ1) is 5.79. The summed E-state index contributed by atoms with van der Waals surface area (Å²) < 4.78 is 1.33. The van der Waals surface area contributed by atoms with Gasteiger partial charge in [0.2, 0.25) is 0 Å². The van der Waals surface area contributed by atoms with Crippen LogP contribution in [-0.2, 0) is 0 Å². The SMILES string of the molecule is CC(=O)c1cccc2[se]ccc12. The van der Waals surface area contributed by atoms with E-state index in [9.17, 15) is 4.79 Å². The summed E-state index contributed by atoms with van der Waals surface area (Å²) in [5, 5.41) is 1.14. The van der Waals surface area contributed by atoms with Crippen LogP contribution in [0.1, 0.15) is 17.3 Å². The molecule has 1 aromatic heterocycles. The van der Waals surface area contributed by atoms with Crippen LogP contribution >= 0.6 is 0 Å². The molecule has 0 spiro atoms. The Kier molecular flexibility index (Phi) is 1.87. The average molecular weight is 223 g/mol. The molecule has 2 heteroatoms. The molecule has 1 nitrogen and oxygen atoms in total. The zero-order chi connectivity index (χ0) is 8.55. The van der Waals surface area contributed by atoms with E-state index in [1.165, 1.54) is 4.26 Å².